The summed E-state index contributed by atoms with van der Waals surface area (Å²) in [4.78, 5) is 31.5. The molecule has 8 heteroatoms. The van der Waals surface area contributed by atoms with E-state index in [1.54, 1.807) is 18.5 Å². The third kappa shape index (κ3) is 4.48. The van der Waals surface area contributed by atoms with E-state index in [2.05, 4.69) is 16.4 Å². The standard InChI is InChI=1S/C23H18N4O2S2/c1-27(19(13-24)18-9-4-7-15-6-2-3-8-17(15)18)21(28)12-16-14-31-23(25-16)26-22(29)20-10-5-11-30-20/h2-11,14,19H,12H2,1H3,(H,25,26,29)/t19-/m0/s1. The molecule has 2 amide bonds. The molecule has 31 heavy (non-hydrogen) atoms. The molecule has 0 saturated heterocycles. The summed E-state index contributed by atoms with van der Waals surface area (Å²) in [6.45, 7) is 0. The lowest BCUT2D eigenvalue weighted by Gasteiger charge is -2.24. The third-order valence-electron chi connectivity index (χ3n) is 4.87. The Hall–Kier alpha value is -3.54. The third-order valence-corrected chi connectivity index (χ3v) is 6.55. The number of amides is 2. The maximum absolute atomic E-state index is 12.9. The van der Waals surface area contributed by atoms with Gasteiger partial charge in [-0.25, -0.2) is 4.98 Å². The van der Waals surface area contributed by atoms with E-state index in [0.29, 0.717) is 15.7 Å². The van der Waals surface area contributed by atoms with Gasteiger partial charge in [-0.2, -0.15) is 5.26 Å². The fourth-order valence-electron chi connectivity index (χ4n) is 3.29. The Morgan fingerprint density at radius 3 is 2.71 bits per heavy atom. The van der Waals surface area contributed by atoms with E-state index in [1.165, 1.54) is 27.6 Å². The summed E-state index contributed by atoms with van der Waals surface area (Å²) in [7, 11) is 1.63. The zero-order valence-corrected chi connectivity index (χ0v) is 18.2. The number of nitrogens with one attached hydrogen (secondary N) is 1. The Labute approximate surface area is 187 Å². The molecule has 6 nitrogen and oxygen atoms in total. The van der Waals surface area contributed by atoms with Gasteiger partial charge in [-0.3, -0.25) is 14.9 Å². The number of benzene rings is 2. The van der Waals surface area contributed by atoms with E-state index in [4.69, 9.17) is 0 Å². The molecule has 2 aromatic heterocycles. The molecule has 0 aliphatic rings. The van der Waals surface area contributed by atoms with E-state index in [9.17, 15) is 14.9 Å². The van der Waals surface area contributed by atoms with Gasteiger partial charge in [0.2, 0.25) is 5.91 Å². The van der Waals surface area contributed by atoms with Gasteiger partial charge in [0.05, 0.1) is 23.1 Å². The second-order valence-corrected chi connectivity index (χ2v) is 8.66. The predicted octanol–water partition coefficient (Wildman–Crippen LogP) is 4.88. The second kappa shape index (κ2) is 9.08. The van der Waals surface area contributed by atoms with Crippen molar-refractivity contribution in [2.75, 3.05) is 12.4 Å². The lowest BCUT2D eigenvalue weighted by Crippen LogP contribution is -2.32. The van der Waals surface area contributed by atoms with Gasteiger partial charge in [0, 0.05) is 12.4 Å². The number of anilines is 1. The summed E-state index contributed by atoms with van der Waals surface area (Å²) in [5, 5.41) is 18.5. The van der Waals surface area contributed by atoms with Crippen LogP contribution in [0, 0.1) is 11.3 Å². The number of rotatable bonds is 6. The Morgan fingerprint density at radius 1 is 1.13 bits per heavy atom. The minimum atomic E-state index is -0.713. The van der Waals surface area contributed by atoms with Crippen LogP contribution in [0.1, 0.15) is 27.0 Å². The normalized spacial score (nSPS) is 11.6. The Morgan fingerprint density at radius 2 is 1.94 bits per heavy atom. The molecule has 0 radical (unpaired) electrons. The number of hydrogen-bond acceptors (Lipinski definition) is 6. The van der Waals surface area contributed by atoms with E-state index < -0.39 is 6.04 Å². The average molecular weight is 447 g/mol. The molecule has 2 aromatic carbocycles. The van der Waals surface area contributed by atoms with Crippen molar-refractivity contribution in [2.45, 2.75) is 12.5 Å². The van der Waals surface area contributed by atoms with Crippen LogP contribution in [0.25, 0.3) is 10.8 Å². The molecule has 154 valence electrons. The molecule has 0 aliphatic heterocycles. The van der Waals surface area contributed by atoms with Gasteiger partial charge in [0.25, 0.3) is 5.91 Å². The maximum atomic E-state index is 12.9. The highest BCUT2D eigenvalue weighted by Crippen LogP contribution is 2.28. The van der Waals surface area contributed by atoms with E-state index >= 15 is 0 Å². The van der Waals surface area contributed by atoms with Gasteiger partial charge < -0.3 is 4.90 Å². The maximum Gasteiger partial charge on any atom is 0.267 e. The Bertz CT molecular complexity index is 1270. The zero-order valence-electron chi connectivity index (χ0n) is 16.6. The first-order chi connectivity index (χ1) is 15.1. The van der Waals surface area contributed by atoms with Crippen LogP contribution in [0.4, 0.5) is 5.13 Å². The first-order valence-corrected chi connectivity index (χ1v) is 11.2. The van der Waals surface area contributed by atoms with Crippen LogP contribution in [0.3, 0.4) is 0 Å². The van der Waals surface area contributed by atoms with Crippen molar-refractivity contribution in [3.8, 4) is 6.07 Å². The number of carbonyl (C=O) groups is 2. The minimum absolute atomic E-state index is 0.0464. The topological polar surface area (TPSA) is 86.1 Å². The summed E-state index contributed by atoms with van der Waals surface area (Å²) >= 11 is 2.62. The average Bonchev–Trinajstić information content (AvgIpc) is 3.47. The summed E-state index contributed by atoms with van der Waals surface area (Å²) < 4.78 is 0. The van der Waals surface area contributed by atoms with Crippen molar-refractivity contribution in [3.63, 3.8) is 0 Å². The second-order valence-electron chi connectivity index (χ2n) is 6.86. The number of thiophene rings is 1. The van der Waals surface area contributed by atoms with Crippen LogP contribution >= 0.6 is 22.7 Å². The number of hydrogen-bond donors (Lipinski definition) is 1. The molecule has 4 rings (SSSR count). The molecule has 2 heterocycles. The number of nitrogens with zero attached hydrogens (tertiary/aromatic N) is 3. The minimum Gasteiger partial charge on any atom is -0.325 e. The monoisotopic (exact) mass is 446 g/mol. The van der Waals surface area contributed by atoms with Crippen LogP contribution in [0.2, 0.25) is 0 Å². The lowest BCUT2D eigenvalue weighted by molar-refractivity contribution is -0.130. The van der Waals surface area contributed by atoms with E-state index in [1.807, 2.05) is 53.9 Å². The number of likely N-dealkylation sites (N-methyl/N-ethyl adjacent to an activating group) is 1. The molecule has 1 atom stereocenters. The first-order valence-electron chi connectivity index (χ1n) is 9.49. The van der Waals surface area contributed by atoms with Crippen molar-refractivity contribution in [2.24, 2.45) is 0 Å². The van der Waals surface area contributed by atoms with Crippen molar-refractivity contribution >= 4 is 50.4 Å². The van der Waals surface area contributed by atoms with Gasteiger partial charge in [0.1, 0.15) is 6.04 Å². The quantitative estimate of drug-likeness (QED) is 0.458. The molecule has 0 bridgehead atoms. The SMILES string of the molecule is CN(C(=O)Cc1csc(NC(=O)c2cccs2)n1)[C@@H](C#N)c1cccc2ccccc12. The number of aromatic nitrogens is 1. The molecular formula is C23H18N4O2S2. The van der Waals surface area contributed by atoms with Crippen LogP contribution in [-0.2, 0) is 11.2 Å². The van der Waals surface area contributed by atoms with Crippen LogP contribution in [0.15, 0.2) is 65.4 Å². The summed E-state index contributed by atoms with van der Waals surface area (Å²) in [6, 6.07) is 18.6. The number of carbonyl (C=O) groups excluding carboxylic acids is 2. The molecule has 0 fully saturated rings. The summed E-state index contributed by atoms with van der Waals surface area (Å²) in [6.07, 6.45) is 0.0464. The Balaban J connectivity index is 1.47. The van der Waals surface area contributed by atoms with Crippen molar-refractivity contribution in [1.82, 2.24) is 9.88 Å². The van der Waals surface area contributed by atoms with Gasteiger partial charge in [-0.1, -0.05) is 48.5 Å². The first kappa shape index (κ1) is 20.7. The summed E-state index contributed by atoms with van der Waals surface area (Å²) in [5.41, 5.74) is 1.34. The van der Waals surface area contributed by atoms with Gasteiger partial charge >= 0.3 is 0 Å². The van der Waals surface area contributed by atoms with Crippen LogP contribution in [-0.4, -0.2) is 28.7 Å². The molecule has 1 N–H and O–H groups in total. The highest BCUT2D eigenvalue weighted by atomic mass is 32.1. The smallest absolute Gasteiger partial charge is 0.267 e. The fourth-order valence-corrected chi connectivity index (χ4v) is 4.61. The zero-order chi connectivity index (χ0) is 21.8. The highest BCUT2D eigenvalue weighted by molar-refractivity contribution is 7.14. The fraction of sp³-hybridized carbons (Fsp3) is 0.130. The lowest BCUT2D eigenvalue weighted by atomic mass is 9.98. The predicted molar refractivity (Wildman–Crippen MR) is 123 cm³/mol. The van der Waals surface area contributed by atoms with Crippen molar-refractivity contribution < 1.29 is 9.59 Å². The van der Waals surface area contributed by atoms with Gasteiger partial charge in [-0.15, -0.1) is 22.7 Å². The summed E-state index contributed by atoms with van der Waals surface area (Å²) in [5.74, 6) is -0.444. The van der Waals surface area contributed by atoms with Gasteiger partial charge in [-0.05, 0) is 27.8 Å². The number of thiazole rings is 1. The molecular weight excluding hydrogens is 428 g/mol. The number of nitriles is 1. The molecule has 0 aliphatic carbocycles. The number of fused-ring (bicyclic) bond motifs is 1. The van der Waals surface area contributed by atoms with Crippen molar-refractivity contribution in [1.29, 1.82) is 5.26 Å². The highest BCUT2D eigenvalue weighted by Gasteiger charge is 2.24. The van der Waals surface area contributed by atoms with Gasteiger partial charge in [0.15, 0.2) is 5.13 Å². The van der Waals surface area contributed by atoms with Crippen molar-refractivity contribution in [3.05, 3.63) is 81.5 Å². The van der Waals surface area contributed by atoms with E-state index in [-0.39, 0.29) is 18.2 Å². The molecule has 0 unspecified atom stereocenters. The Kier molecular flexibility index (Phi) is 6.07. The molecule has 0 spiro atoms. The largest absolute Gasteiger partial charge is 0.325 e. The molecule has 0 saturated carbocycles. The molecule has 4 aromatic rings. The van der Waals surface area contributed by atoms with Crippen LogP contribution in [0.5, 0.6) is 0 Å². The van der Waals surface area contributed by atoms with E-state index in [0.717, 1.165) is 16.3 Å². The van der Waals surface area contributed by atoms with Crippen LogP contribution < -0.4 is 5.32 Å².